The molecule has 0 spiro atoms. The summed E-state index contributed by atoms with van der Waals surface area (Å²) in [5.74, 6) is -1.91. The summed E-state index contributed by atoms with van der Waals surface area (Å²) in [6.07, 6.45) is 2.13. The maximum Gasteiger partial charge on any atom is 0.451 e. The zero-order chi connectivity index (χ0) is 21.6. The summed E-state index contributed by atoms with van der Waals surface area (Å²) in [6.45, 7) is 1.95. The number of hydrogen-bond donors (Lipinski definition) is 5. The quantitative estimate of drug-likeness (QED) is 0.238. The molecule has 0 aromatic heterocycles. The SMILES string of the molecule is CC(N(C1COC1)S(=O)(=O)N1C[C@H](CCCB(O)O)[C@](N)(C(=O)O)C1)C1(N)CC1. The van der Waals surface area contributed by atoms with E-state index < -0.39 is 46.3 Å². The molecular formula is C16H31BN4O7S. The Morgan fingerprint density at radius 2 is 1.97 bits per heavy atom. The predicted molar refractivity (Wildman–Crippen MR) is 105 cm³/mol. The maximum absolute atomic E-state index is 13.5. The summed E-state index contributed by atoms with van der Waals surface area (Å²) in [4.78, 5) is 11.9. The first-order chi connectivity index (χ1) is 13.4. The largest absolute Gasteiger partial charge is 0.480 e. The fraction of sp³-hybridized carbons (Fsp3) is 0.938. The number of aliphatic carboxylic acids is 1. The van der Waals surface area contributed by atoms with Crippen molar-refractivity contribution in [2.75, 3.05) is 26.3 Å². The Kier molecular flexibility index (Phi) is 6.34. The van der Waals surface area contributed by atoms with E-state index in [0.717, 1.165) is 17.1 Å². The van der Waals surface area contributed by atoms with E-state index in [2.05, 4.69) is 0 Å². The molecule has 3 rings (SSSR count). The molecule has 1 unspecified atom stereocenters. The van der Waals surface area contributed by atoms with Gasteiger partial charge in [-0.15, -0.1) is 0 Å². The van der Waals surface area contributed by atoms with Crippen LogP contribution in [0.3, 0.4) is 0 Å². The molecule has 11 nitrogen and oxygen atoms in total. The summed E-state index contributed by atoms with van der Waals surface area (Å²) in [5.41, 5.74) is 10.1. The van der Waals surface area contributed by atoms with Gasteiger partial charge in [-0.05, 0) is 32.5 Å². The van der Waals surface area contributed by atoms with E-state index in [4.69, 9.17) is 26.3 Å². The van der Waals surface area contributed by atoms with Crippen molar-refractivity contribution in [1.29, 1.82) is 0 Å². The van der Waals surface area contributed by atoms with Crippen LogP contribution >= 0.6 is 0 Å². The Balaban J connectivity index is 1.82. The molecule has 2 saturated heterocycles. The fourth-order valence-electron chi connectivity index (χ4n) is 4.23. The number of carboxylic acids is 1. The van der Waals surface area contributed by atoms with E-state index in [1.165, 1.54) is 4.31 Å². The smallest absolute Gasteiger partial charge is 0.451 e. The minimum atomic E-state index is -4.02. The molecule has 3 aliphatic rings. The summed E-state index contributed by atoms with van der Waals surface area (Å²) in [5, 5.41) is 27.7. The summed E-state index contributed by atoms with van der Waals surface area (Å²) < 4.78 is 34.8. The third-order valence-electron chi connectivity index (χ3n) is 6.62. The van der Waals surface area contributed by atoms with Crippen LogP contribution < -0.4 is 11.5 Å². The number of rotatable bonds is 10. The second-order valence-corrected chi connectivity index (χ2v) is 10.5. The van der Waals surface area contributed by atoms with E-state index in [-0.39, 0.29) is 45.1 Å². The van der Waals surface area contributed by atoms with Crippen LogP contribution in [0.2, 0.25) is 6.32 Å². The first kappa shape index (κ1) is 22.9. The van der Waals surface area contributed by atoms with Gasteiger partial charge in [-0.1, -0.05) is 6.42 Å². The van der Waals surface area contributed by atoms with Crippen LogP contribution in [0.25, 0.3) is 0 Å². The molecule has 0 radical (unpaired) electrons. The highest BCUT2D eigenvalue weighted by atomic mass is 32.2. The van der Waals surface area contributed by atoms with Crippen LogP contribution in [0.4, 0.5) is 0 Å². The van der Waals surface area contributed by atoms with Crippen LogP contribution in [-0.4, -0.2) is 94.7 Å². The maximum atomic E-state index is 13.5. The van der Waals surface area contributed by atoms with Crippen LogP contribution in [0.1, 0.15) is 32.6 Å². The lowest BCUT2D eigenvalue weighted by Crippen LogP contribution is -2.63. The summed E-state index contributed by atoms with van der Waals surface area (Å²) in [6, 6.07) is -0.779. The predicted octanol–water partition coefficient (Wildman–Crippen LogP) is -2.22. The van der Waals surface area contributed by atoms with Crippen LogP contribution in [-0.2, 0) is 19.7 Å². The molecule has 1 aliphatic carbocycles. The highest BCUT2D eigenvalue weighted by molar-refractivity contribution is 7.86. The number of carboxylic acid groups (broad SMARTS) is 1. The van der Waals surface area contributed by atoms with Gasteiger partial charge in [0.25, 0.3) is 10.2 Å². The normalized spacial score (nSPS) is 30.9. The molecule has 3 atom stereocenters. The van der Waals surface area contributed by atoms with Crippen molar-refractivity contribution in [1.82, 2.24) is 8.61 Å². The molecule has 0 aromatic rings. The van der Waals surface area contributed by atoms with E-state index in [9.17, 15) is 18.3 Å². The first-order valence-corrected chi connectivity index (χ1v) is 11.3. The number of nitrogens with zero attached hydrogens (tertiary/aromatic N) is 2. The van der Waals surface area contributed by atoms with E-state index in [1.807, 2.05) is 0 Å². The Morgan fingerprint density at radius 1 is 1.34 bits per heavy atom. The van der Waals surface area contributed by atoms with Gasteiger partial charge in [0.05, 0.1) is 19.3 Å². The van der Waals surface area contributed by atoms with Gasteiger partial charge in [-0.3, -0.25) is 4.79 Å². The standard InChI is InChI=1S/C16H31BN4O7S/c1-11(15(18)4-5-15)21(13-8-28-9-13)29(26,27)20-7-12(3-2-6-17(24)25)16(19,10-20)14(22)23/h11-13,24-25H,2-10,18-19H2,1H3,(H,22,23)/t11?,12-,16-/m0/s1. The molecule has 0 aromatic carbocycles. The van der Waals surface area contributed by atoms with Crippen molar-refractivity contribution < 1.29 is 33.1 Å². The van der Waals surface area contributed by atoms with Crippen molar-refractivity contribution in [2.45, 2.75) is 62.1 Å². The highest BCUT2D eigenvalue weighted by Crippen LogP contribution is 2.42. The molecular weight excluding hydrogens is 403 g/mol. The molecule has 7 N–H and O–H groups in total. The molecule has 0 bridgehead atoms. The molecule has 13 heteroatoms. The highest BCUT2D eigenvalue weighted by Gasteiger charge is 2.57. The van der Waals surface area contributed by atoms with E-state index >= 15 is 0 Å². The minimum absolute atomic E-state index is 0.0406. The second kappa shape index (κ2) is 8.04. The van der Waals surface area contributed by atoms with Gasteiger partial charge >= 0.3 is 13.1 Å². The molecule has 3 fully saturated rings. The van der Waals surface area contributed by atoms with Crippen molar-refractivity contribution >= 4 is 23.3 Å². The van der Waals surface area contributed by atoms with Gasteiger partial charge in [-0.2, -0.15) is 17.0 Å². The molecule has 0 amide bonds. The van der Waals surface area contributed by atoms with Crippen molar-refractivity contribution in [2.24, 2.45) is 17.4 Å². The Morgan fingerprint density at radius 3 is 2.41 bits per heavy atom. The fourth-order valence-corrected chi connectivity index (χ4v) is 6.35. The first-order valence-electron chi connectivity index (χ1n) is 9.95. The average molecular weight is 434 g/mol. The molecule has 29 heavy (non-hydrogen) atoms. The lowest BCUT2D eigenvalue weighted by Gasteiger charge is -2.43. The molecule has 2 aliphatic heterocycles. The molecule has 166 valence electrons. The lowest BCUT2D eigenvalue weighted by atomic mass is 9.78. The zero-order valence-corrected chi connectivity index (χ0v) is 17.4. The van der Waals surface area contributed by atoms with Crippen LogP contribution in [0.5, 0.6) is 0 Å². The second-order valence-electron chi connectivity index (χ2n) is 8.68. The zero-order valence-electron chi connectivity index (χ0n) is 16.6. The lowest BCUT2D eigenvalue weighted by molar-refractivity contribution is -0.144. The van der Waals surface area contributed by atoms with Crippen molar-refractivity contribution in [3.8, 4) is 0 Å². The number of nitrogens with two attached hydrogens (primary N) is 2. The van der Waals surface area contributed by atoms with E-state index in [1.54, 1.807) is 6.92 Å². The van der Waals surface area contributed by atoms with Crippen molar-refractivity contribution in [3.05, 3.63) is 0 Å². The summed E-state index contributed by atoms with van der Waals surface area (Å²) in [7, 11) is -5.52. The molecule has 1 saturated carbocycles. The van der Waals surface area contributed by atoms with Gasteiger partial charge in [0.2, 0.25) is 0 Å². The number of hydrogen-bond acceptors (Lipinski definition) is 8. The van der Waals surface area contributed by atoms with Gasteiger partial charge < -0.3 is 31.4 Å². The Hall–Kier alpha value is -0.795. The number of ether oxygens (including phenoxy) is 1. The minimum Gasteiger partial charge on any atom is -0.480 e. The average Bonchev–Trinajstić information content (AvgIpc) is 3.23. The van der Waals surface area contributed by atoms with Gasteiger partial charge in [0, 0.05) is 30.6 Å². The van der Waals surface area contributed by atoms with Gasteiger partial charge in [0.15, 0.2) is 0 Å². The molecule has 2 heterocycles. The summed E-state index contributed by atoms with van der Waals surface area (Å²) >= 11 is 0. The van der Waals surface area contributed by atoms with Crippen LogP contribution in [0, 0.1) is 5.92 Å². The van der Waals surface area contributed by atoms with Gasteiger partial charge in [0.1, 0.15) is 5.54 Å². The Labute approximate surface area is 171 Å². The third kappa shape index (κ3) is 4.33. The van der Waals surface area contributed by atoms with Crippen LogP contribution in [0.15, 0.2) is 0 Å². The monoisotopic (exact) mass is 434 g/mol. The van der Waals surface area contributed by atoms with E-state index in [0.29, 0.717) is 6.42 Å². The third-order valence-corrected chi connectivity index (χ3v) is 8.70. The van der Waals surface area contributed by atoms with Crippen molar-refractivity contribution in [3.63, 3.8) is 0 Å². The van der Waals surface area contributed by atoms with Gasteiger partial charge in [-0.25, -0.2) is 0 Å². The Bertz CT molecular complexity index is 731. The topological polar surface area (TPSA) is 180 Å². The number of carbonyl (C=O) groups is 1.